The molecule has 2 heterocycles. The number of aliphatic hydroxyl groups excluding tert-OH is 1. The molecule has 0 atom stereocenters. The first-order valence-corrected chi connectivity index (χ1v) is 4.85. The Balaban J connectivity index is 2.32. The Bertz CT molecular complexity index is 434. The van der Waals surface area contributed by atoms with E-state index in [9.17, 15) is 0 Å². The Kier molecular flexibility index (Phi) is 2.50. The number of aromatic nitrogens is 2. The van der Waals surface area contributed by atoms with Crippen LogP contribution in [0.25, 0.3) is 5.65 Å². The van der Waals surface area contributed by atoms with Gasteiger partial charge in [0.1, 0.15) is 5.65 Å². The van der Waals surface area contributed by atoms with Crippen molar-refractivity contribution in [3.63, 3.8) is 0 Å². The third-order valence-corrected chi connectivity index (χ3v) is 2.26. The largest absolute Gasteiger partial charge is 0.396 e. The number of imidazole rings is 1. The molecule has 0 aliphatic carbocycles. The summed E-state index contributed by atoms with van der Waals surface area (Å²) in [6.45, 7) is 2.29. The Labute approximate surface area is 83.0 Å². The average Bonchev–Trinajstić information content (AvgIpc) is 2.56. The van der Waals surface area contributed by atoms with Gasteiger partial charge in [0, 0.05) is 19.0 Å². The van der Waals surface area contributed by atoms with Gasteiger partial charge in [-0.15, -0.1) is 0 Å². The number of aryl methyl sites for hydroxylation is 2. The lowest BCUT2D eigenvalue weighted by atomic mass is 10.3. The average molecular weight is 190 g/mol. The molecule has 0 aliphatic rings. The highest BCUT2D eigenvalue weighted by molar-refractivity contribution is 5.42. The second-order valence-electron chi connectivity index (χ2n) is 3.53. The molecule has 0 radical (unpaired) electrons. The molecule has 3 heteroatoms. The number of fused-ring (bicyclic) bond motifs is 1. The molecule has 74 valence electrons. The number of pyridine rings is 1. The number of hydrogen-bond donors (Lipinski definition) is 1. The molecule has 2 aromatic rings. The molecule has 0 saturated carbocycles. The van der Waals surface area contributed by atoms with Gasteiger partial charge in [-0.2, -0.15) is 0 Å². The summed E-state index contributed by atoms with van der Waals surface area (Å²) in [4.78, 5) is 4.46. The molecular weight excluding hydrogens is 176 g/mol. The van der Waals surface area contributed by atoms with Crippen molar-refractivity contribution in [3.8, 4) is 0 Å². The van der Waals surface area contributed by atoms with E-state index in [-0.39, 0.29) is 6.61 Å². The standard InChI is InChI=1S/C11H14N2O/c1-9-4-5-13-8-10(3-2-6-14)12-11(13)7-9/h4-5,7-8,14H,2-3,6H2,1H3. The summed E-state index contributed by atoms with van der Waals surface area (Å²) in [5, 5.41) is 8.71. The van der Waals surface area contributed by atoms with Crippen LogP contribution in [0.15, 0.2) is 24.5 Å². The Morgan fingerprint density at radius 3 is 3.14 bits per heavy atom. The molecule has 2 rings (SSSR count). The van der Waals surface area contributed by atoms with Crippen LogP contribution in [0.4, 0.5) is 0 Å². The van der Waals surface area contributed by atoms with Crippen molar-refractivity contribution in [2.45, 2.75) is 19.8 Å². The second-order valence-corrected chi connectivity index (χ2v) is 3.53. The Morgan fingerprint density at radius 1 is 1.50 bits per heavy atom. The Morgan fingerprint density at radius 2 is 2.36 bits per heavy atom. The summed E-state index contributed by atoms with van der Waals surface area (Å²) in [5.74, 6) is 0. The lowest BCUT2D eigenvalue weighted by Crippen LogP contribution is -1.88. The smallest absolute Gasteiger partial charge is 0.137 e. The van der Waals surface area contributed by atoms with E-state index < -0.39 is 0 Å². The van der Waals surface area contributed by atoms with Gasteiger partial charge in [0.25, 0.3) is 0 Å². The number of aliphatic hydroxyl groups is 1. The molecule has 0 fully saturated rings. The van der Waals surface area contributed by atoms with Crippen molar-refractivity contribution in [1.82, 2.24) is 9.38 Å². The fraction of sp³-hybridized carbons (Fsp3) is 0.364. The van der Waals surface area contributed by atoms with Crippen molar-refractivity contribution in [2.75, 3.05) is 6.61 Å². The molecule has 2 aromatic heterocycles. The second kappa shape index (κ2) is 3.80. The quantitative estimate of drug-likeness (QED) is 0.797. The molecule has 0 aromatic carbocycles. The maximum absolute atomic E-state index is 8.71. The summed E-state index contributed by atoms with van der Waals surface area (Å²) in [5.41, 5.74) is 3.25. The molecule has 0 spiro atoms. The summed E-state index contributed by atoms with van der Waals surface area (Å²) in [6.07, 6.45) is 5.66. The zero-order chi connectivity index (χ0) is 9.97. The third-order valence-electron chi connectivity index (χ3n) is 2.26. The van der Waals surface area contributed by atoms with E-state index in [0.717, 1.165) is 24.2 Å². The maximum Gasteiger partial charge on any atom is 0.137 e. The number of hydrogen-bond acceptors (Lipinski definition) is 2. The van der Waals surface area contributed by atoms with E-state index in [1.54, 1.807) is 0 Å². The zero-order valence-electron chi connectivity index (χ0n) is 8.27. The van der Waals surface area contributed by atoms with Crippen LogP contribution in [0, 0.1) is 6.92 Å². The predicted molar refractivity (Wildman–Crippen MR) is 55.3 cm³/mol. The van der Waals surface area contributed by atoms with Crippen LogP contribution in [0.3, 0.4) is 0 Å². The molecule has 0 bridgehead atoms. The lowest BCUT2D eigenvalue weighted by molar-refractivity contribution is 0.288. The summed E-state index contributed by atoms with van der Waals surface area (Å²) in [7, 11) is 0. The van der Waals surface area contributed by atoms with Crippen LogP contribution in [-0.2, 0) is 6.42 Å². The van der Waals surface area contributed by atoms with Gasteiger partial charge in [0.15, 0.2) is 0 Å². The Hall–Kier alpha value is -1.35. The molecular formula is C11H14N2O. The van der Waals surface area contributed by atoms with E-state index in [2.05, 4.69) is 24.0 Å². The first-order valence-electron chi connectivity index (χ1n) is 4.85. The molecule has 0 saturated heterocycles. The monoisotopic (exact) mass is 190 g/mol. The SMILES string of the molecule is Cc1ccn2cc(CCCO)nc2c1. The number of rotatable bonds is 3. The minimum absolute atomic E-state index is 0.229. The summed E-state index contributed by atoms with van der Waals surface area (Å²) >= 11 is 0. The van der Waals surface area contributed by atoms with Crippen LogP contribution in [0.2, 0.25) is 0 Å². The van der Waals surface area contributed by atoms with Gasteiger partial charge < -0.3 is 9.51 Å². The highest BCUT2D eigenvalue weighted by atomic mass is 16.2. The molecule has 0 amide bonds. The van der Waals surface area contributed by atoms with Gasteiger partial charge in [0.05, 0.1) is 5.69 Å². The highest BCUT2D eigenvalue weighted by Crippen LogP contribution is 2.08. The minimum atomic E-state index is 0.229. The van der Waals surface area contributed by atoms with Crippen LogP contribution >= 0.6 is 0 Å². The molecule has 3 nitrogen and oxygen atoms in total. The topological polar surface area (TPSA) is 37.5 Å². The van der Waals surface area contributed by atoms with Gasteiger partial charge >= 0.3 is 0 Å². The number of nitrogens with zero attached hydrogens (tertiary/aromatic N) is 2. The van der Waals surface area contributed by atoms with E-state index in [4.69, 9.17) is 5.11 Å². The molecule has 0 aliphatic heterocycles. The van der Waals surface area contributed by atoms with Crippen LogP contribution in [0.1, 0.15) is 17.7 Å². The van der Waals surface area contributed by atoms with Crippen LogP contribution in [-0.4, -0.2) is 21.1 Å². The molecule has 14 heavy (non-hydrogen) atoms. The predicted octanol–water partition coefficient (Wildman–Crippen LogP) is 1.57. The van der Waals surface area contributed by atoms with Gasteiger partial charge in [-0.25, -0.2) is 4.98 Å². The highest BCUT2D eigenvalue weighted by Gasteiger charge is 2.00. The molecule has 0 unspecified atom stereocenters. The summed E-state index contributed by atoms with van der Waals surface area (Å²) in [6, 6.07) is 4.12. The van der Waals surface area contributed by atoms with Gasteiger partial charge in [-0.05, 0) is 37.5 Å². The van der Waals surface area contributed by atoms with Crippen LogP contribution in [0.5, 0.6) is 0 Å². The van der Waals surface area contributed by atoms with Gasteiger partial charge in [-0.1, -0.05) is 0 Å². The zero-order valence-corrected chi connectivity index (χ0v) is 8.27. The minimum Gasteiger partial charge on any atom is -0.396 e. The van der Waals surface area contributed by atoms with Crippen molar-refractivity contribution in [3.05, 3.63) is 35.8 Å². The van der Waals surface area contributed by atoms with Crippen molar-refractivity contribution in [1.29, 1.82) is 0 Å². The fourth-order valence-corrected chi connectivity index (χ4v) is 1.52. The van der Waals surface area contributed by atoms with Crippen molar-refractivity contribution < 1.29 is 5.11 Å². The van der Waals surface area contributed by atoms with Crippen molar-refractivity contribution in [2.24, 2.45) is 0 Å². The third kappa shape index (κ3) is 1.77. The lowest BCUT2D eigenvalue weighted by Gasteiger charge is -1.92. The van der Waals surface area contributed by atoms with Crippen molar-refractivity contribution >= 4 is 5.65 Å². The first kappa shape index (κ1) is 9.21. The first-order chi connectivity index (χ1) is 6.79. The van der Waals surface area contributed by atoms with E-state index in [0.29, 0.717) is 0 Å². The maximum atomic E-state index is 8.71. The van der Waals surface area contributed by atoms with E-state index in [1.807, 2.05) is 16.8 Å². The van der Waals surface area contributed by atoms with Gasteiger partial charge in [0.2, 0.25) is 0 Å². The van der Waals surface area contributed by atoms with E-state index >= 15 is 0 Å². The van der Waals surface area contributed by atoms with Crippen LogP contribution < -0.4 is 0 Å². The fourth-order valence-electron chi connectivity index (χ4n) is 1.52. The molecule has 1 N–H and O–H groups in total. The van der Waals surface area contributed by atoms with Gasteiger partial charge in [-0.3, -0.25) is 0 Å². The normalized spacial score (nSPS) is 11.0. The van der Waals surface area contributed by atoms with E-state index in [1.165, 1.54) is 5.56 Å². The summed E-state index contributed by atoms with van der Waals surface area (Å²) < 4.78 is 2.01.